The lowest BCUT2D eigenvalue weighted by Crippen LogP contribution is -2.05. The number of nitrogens with zero attached hydrogens (tertiary/aromatic N) is 2. The summed E-state index contributed by atoms with van der Waals surface area (Å²) in [4.78, 5) is 0. The molecule has 2 N–H and O–H groups in total. The van der Waals surface area contributed by atoms with Gasteiger partial charge in [0.2, 0.25) is 0 Å². The molecule has 0 radical (unpaired) electrons. The molecule has 2 rings (SSSR count). The molecule has 0 fully saturated rings. The van der Waals surface area contributed by atoms with Crippen LogP contribution in [0.25, 0.3) is 0 Å². The molecule has 0 saturated carbocycles. The summed E-state index contributed by atoms with van der Waals surface area (Å²) in [7, 11) is 0. The number of hydrogen-bond donors (Lipinski definition) is 1. The van der Waals surface area contributed by atoms with E-state index in [9.17, 15) is 8.78 Å². The molecule has 1 aromatic heterocycles. The van der Waals surface area contributed by atoms with E-state index in [-0.39, 0.29) is 6.54 Å². The summed E-state index contributed by atoms with van der Waals surface area (Å²) in [6.07, 6.45) is 1.71. The van der Waals surface area contributed by atoms with Crippen LogP contribution < -0.4 is 5.73 Å². The van der Waals surface area contributed by atoms with E-state index in [4.69, 9.17) is 5.73 Å². The first-order valence-electron chi connectivity index (χ1n) is 4.85. The molecule has 84 valence electrons. The van der Waals surface area contributed by atoms with Crippen molar-refractivity contribution in [2.75, 3.05) is 0 Å². The Kier molecular flexibility index (Phi) is 2.96. The average molecular weight is 223 g/mol. The van der Waals surface area contributed by atoms with Gasteiger partial charge in [-0.3, -0.25) is 4.68 Å². The molecule has 0 spiro atoms. The van der Waals surface area contributed by atoms with E-state index in [2.05, 4.69) is 5.10 Å². The van der Waals surface area contributed by atoms with Gasteiger partial charge in [0.25, 0.3) is 0 Å². The van der Waals surface area contributed by atoms with E-state index in [1.165, 1.54) is 12.1 Å². The van der Waals surface area contributed by atoms with Crippen molar-refractivity contribution >= 4 is 0 Å². The SMILES string of the molecule is NCc1ccn(Cc2ccc(F)cc2F)n1. The Morgan fingerprint density at radius 3 is 2.69 bits per heavy atom. The van der Waals surface area contributed by atoms with Crippen molar-refractivity contribution in [2.24, 2.45) is 5.73 Å². The molecule has 5 heteroatoms. The maximum atomic E-state index is 13.3. The third-order valence-electron chi connectivity index (χ3n) is 2.25. The number of rotatable bonds is 3. The van der Waals surface area contributed by atoms with Crippen molar-refractivity contribution < 1.29 is 8.78 Å². The Morgan fingerprint density at radius 2 is 2.06 bits per heavy atom. The van der Waals surface area contributed by atoms with Crippen LogP contribution in [0.3, 0.4) is 0 Å². The third kappa shape index (κ3) is 2.25. The number of halogens is 2. The average Bonchev–Trinajstić information content (AvgIpc) is 2.70. The van der Waals surface area contributed by atoms with E-state index in [1.807, 2.05) is 0 Å². The van der Waals surface area contributed by atoms with Gasteiger partial charge in [-0.15, -0.1) is 0 Å². The molecule has 2 aromatic rings. The number of aromatic nitrogens is 2. The van der Waals surface area contributed by atoms with E-state index >= 15 is 0 Å². The van der Waals surface area contributed by atoms with Crippen molar-refractivity contribution in [1.29, 1.82) is 0 Å². The fourth-order valence-corrected chi connectivity index (χ4v) is 1.43. The molecule has 16 heavy (non-hydrogen) atoms. The predicted molar refractivity (Wildman–Crippen MR) is 55.6 cm³/mol. The van der Waals surface area contributed by atoms with Gasteiger partial charge in [0, 0.05) is 24.4 Å². The summed E-state index contributed by atoms with van der Waals surface area (Å²) in [5.74, 6) is -1.14. The molecule has 3 nitrogen and oxygen atoms in total. The van der Waals surface area contributed by atoms with Crippen LogP contribution in [0.5, 0.6) is 0 Å². The van der Waals surface area contributed by atoms with Crippen molar-refractivity contribution in [2.45, 2.75) is 13.1 Å². The second kappa shape index (κ2) is 4.40. The number of hydrogen-bond acceptors (Lipinski definition) is 2. The smallest absolute Gasteiger partial charge is 0.131 e. The van der Waals surface area contributed by atoms with Crippen LogP contribution in [0, 0.1) is 11.6 Å². The lowest BCUT2D eigenvalue weighted by molar-refractivity contribution is 0.557. The van der Waals surface area contributed by atoms with Crippen LogP contribution in [0.15, 0.2) is 30.5 Å². The van der Waals surface area contributed by atoms with Gasteiger partial charge in [0.15, 0.2) is 0 Å². The van der Waals surface area contributed by atoms with Crippen LogP contribution in [0.1, 0.15) is 11.3 Å². The van der Waals surface area contributed by atoms with Gasteiger partial charge in [-0.1, -0.05) is 6.07 Å². The summed E-state index contributed by atoms with van der Waals surface area (Å²) < 4.78 is 27.6. The van der Waals surface area contributed by atoms with E-state index in [1.54, 1.807) is 16.9 Å². The first-order valence-corrected chi connectivity index (χ1v) is 4.85. The summed E-state index contributed by atoms with van der Waals surface area (Å²) in [6.45, 7) is 0.616. The molecule has 0 aliphatic carbocycles. The van der Waals surface area contributed by atoms with Gasteiger partial charge in [0.05, 0.1) is 12.2 Å². The second-order valence-electron chi connectivity index (χ2n) is 3.44. The second-order valence-corrected chi connectivity index (χ2v) is 3.44. The van der Waals surface area contributed by atoms with Gasteiger partial charge >= 0.3 is 0 Å². The van der Waals surface area contributed by atoms with Crippen molar-refractivity contribution in [3.63, 3.8) is 0 Å². The Labute approximate surface area is 91.5 Å². The van der Waals surface area contributed by atoms with Crippen LogP contribution in [0.4, 0.5) is 8.78 Å². The van der Waals surface area contributed by atoms with Gasteiger partial charge in [0.1, 0.15) is 11.6 Å². The Morgan fingerprint density at radius 1 is 1.25 bits per heavy atom. The third-order valence-corrected chi connectivity index (χ3v) is 2.25. The Bertz CT molecular complexity index is 494. The first-order chi connectivity index (χ1) is 7.69. The molecule has 0 unspecified atom stereocenters. The Balaban J connectivity index is 2.20. The highest BCUT2D eigenvalue weighted by Gasteiger charge is 2.05. The van der Waals surface area contributed by atoms with E-state index in [0.717, 1.165) is 11.8 Å². The largest absolute Gasteiger partial charge is 0.325 e. The standard InChI is InChI=1S/C11H11F2N3/c12-9-2-1-8(11(13)5-9)7-16-4-3-10(6-14)15-16/h1-5H,6-7,14H2. The first kappa shape index (κ1) is 10.8. The molecule has 0 saturated heterocycles. The Hall–Kier alpha value is -1.75. The van der Waals surface area contributed by atoms with Gasteiger partial charge in [-0.2, -0.15) is 5.10 Å². The molecule has 0 aliphatic heterocycles. The normalized spacial score (nSPS) is 10.7. The lowest BCUT2D eigenvalue weighted by Gasteiger charge is -2.03. The monoisotopic (exact) mass is 223 g/mol. The van der Waals surface area contributed by atoms with Crippen LogP contribution >= 0.6 is 0 Å². The van der Waals surface area contributed by atoms with Crippen molar-refractivity contribution in [1.82, 2.24) is 9.78 Å². The summed E-state index contributed by atoms with van der Waals surface area (Å²) in [5, 5.41) is 4.12. The molecular formula is C11H11F2N3. The summed E-state index contributed by atoms with van der Waals surface area (Å²) >= 11 is 0. The highest BCUT2D eigenvalue weighted by molar-refractivity contribution is 5.18. The molecular weight excluding hydrogens is 212 g/mol. The van der Waals surface area contributed by atoms with E-state index in [0.29, 0.717) is 12.1 Å². The minimum atomic E-state index is -0.579. The molecule has 0 bridgehead atoms. The minimum absolute atomic E-state index is 0.270. The van der Waals surface area contributed by atoms with Crippen LogP contribution in [-0.4, -0.2) is 9.78 Å². The zero-order chi connectivity index (χ0) is 11.5. The van der Waals surface area contributed by atoms with Crippen LogP contribution in [-0.2, 0) is 13.1 Å². The molecule has 1 aromatic carbocycles. The predicted octanol–water partition coefficient (Wildman–Crippen LogP) is 1.67. The maximum absolute atomic E-state index is 13.3. The summed E-state index contributed by atoms with van der Waals surface area (Å²) in [5.41, 5.74) is 6.54. The maximum Gasteiger partial charge on any atom is 0.131 e. The molecule has 0 amide bonds. The van der Waals surface area contributed by atoms with Gasteiger partial charge in [-0.25, -0.2) is 8.78 Å². The quantitative estimate of drug-likeness (QED) is 0.860. The van der Waals surface area contributed by atoms with Gasteiger partial charge in [-0.05, 0) is 12.1 Å². The molecule has 1 heterocycles. The van der Waals surface area contributed by atoms with Crippen molar-refractivity contribution in [3.05, 3.63) is 53.4 Å². The van der Waals surface area contributed by atoms with Crippen LogP contribution in [0.2, 0.25) is 0 Å². The summed E-state index contributed by atoms with van der Waals surface area (Å²) in [6, 6.07) is 5.27. The highest BCUT2D eigenvalue weighted by Crippen LogP contribution is 2.11. The zero-order valence-electron chi connectivity index (χ0n) is 8.53. The number of nitrogens with two attached hydrogens (primary N) is 1. The zero-order valence-corrected chi connectivity index (χ0v) is 8.53. The molecule has 0 aliphatic rings. The fraction of sp³-hybridized carbons (Fsp3) is 0.182. The molecule has 0 atom stereocenters. The van der Waals surface area contributed by atoms with Crippen molar-refractivity contribution in [3.8, 4) is 0 Å². The number of benzene rings is 1. The van der Waals surface area contributed by atoms with Gasteiger partial charge < -0.3 is 5.73 Å². The highest BCUT2D eigenvalue weighted by atomic mass is 19.1. The van der Waals surface area contributed by atoms with E-state index < -0.39 is 11.6 Å². The lowest BCUT2D eigenvalue weighted by atomic mass is 10.2. The fourth-order valence-electron chi connectivity index (χ4n) is 1.43. The topological polar surface area (TPSA) is 43.8 Å². The minimum Gasteiger partial charge on any atom is -0.325 e.